The SMILES string of the molecule is CCC(C)N(C)CCNC(C)c1cc(C)oc1C. The van der Waals surface area contributed by atoms with Crippen LogP contribution in [0.3, 0.4) is 0 Å². The normalized spacial score (nSPS) is 15.1. The molecule has 0 fully saturated rings. The molecule has 0 aliphatic carbocycles. The van der Waals surface area contributed by atoms with Gasteiger partial charge in [-0.05, 0) is 47.2 Å². The fraction of sp³-hybridized carbons (Fsp3) is 0.733. The summed E-state index contributed by atoms with van der Waals surface area (Å²) in [7, 11) is 2.19. The first-order valence-electron chi connectivity index (χ1n) is 6.96. The third kappa shape index (κ3) is 4.14. The molecule has 0 radical (unpaired) electrons. The van der Waals surface area contributed by atoms with Crippen molar-refractivity contribution in [1.29, 1.82) is 0 Å². The second-order valence-electron chi connectivity index (χ2n) is 5.28. The highest BCUT2D eigenvalue weighted by atomic mass is 16.3. The van der Waals surface area contributed by atoms with Crippen LogP contribution in [0.25, 0.3) is 0 Å². The van der Waals surface area contributed by atoms with Crippen LogP contribution in [0.15, 0.2) is 10.5 Å². The van der Waals surface area contributed by atoms with Gasteiger partial charge in [-0.2, -0.15) is 0 Å². The predicted octanol–water partition coefficient (Wildman–Crippen LogP) is 3.28. The van der Waals surface area contributed by atoms with Gasteiger partial charge in [0.2, 0.25) is 0 Å². The lowest BCUT2D eigenvalue weighted by atomic mass is 10.1. The highest BCUT2D eigenvalue weighted by molar-refractivity contribution is 5.23. The van der Waals surface area contributed by atoms with E-state index in [0.717, 1.165) is 24.6 Å². The highest BCUT2D eigenvalue weighted by Crippen LogP contribution is 2.20. The smallest absolute Gasteiger partial charge is 0.105 e. The summed E-state index contributed by atoms with van der Waals surface area (Å²) >= 11 is 0. The lowest BCUT2D eigenvalue weighted by Gasteiger charge is -2.24. The number of furan rings is 1. The molecule has 0 spiro atoms. The average molecular weight is 252 g/mol. The maximum Gasteiger partial charge on any atom is 0.105 e. The van der Waals surface area contributed by atoms with Crippen LogP contribution < -0.4 is 5.32 Å². The minimum Gasteiger partial charge on any atom is -0.466 e. The molecule has 1 aromatic heterocycles. The van der Waals surface area contributed by atoms with Gasteiger partial charge >= 0.3 is 0 Å². The van der Waals surface area contributed by atoms with Crippen LogP contribution in [0.1, 0.15) is 50.3 Å². The van der Waals surface area contributed by atoms with Crippen molar-refractivity contribution in [1.82, 2.24) is 10.2 Å². The Hall–Kier alpha value is -0.800. The topological polar surface area (TPSA) is 28.4 Å². The van der Waals surface area contributed by atoms with E-state index in [1.165, 1.54) is 12.0 Å². The fourth-order valence-corrected chi connectivity index (χ4v) is 2.18. The van der Waals surface area contributed by atoms with E-state index < -0.39 is 0 Å². The van der Waals surface area contributed by atoms with E-state index in [0.29, 0.717) is 12.1 Å². The van der Waals surface area contributed by atoms with Crippen molar-refractivity contribution in [2.45, 2.75) is 53.1 Å². The number of hydrogen-bond acceptors (Lipinski definition) is 3. The molecule has 18 heavy (non-hydrogen) atoms. The number of likely N-dealkylation sites (N-methyl/N-ethyl adjacent to an activating group) is 1. The summed E-state index contributed by atoms with van der Waals surface area (Å²) in [4.78, 5) is 2.40. The van der Waals surface area contributed by atoms with Gasteiger partial charge in [-0.1, -0.05) is 6.92 Å². The molecular weight excluding hydrogens is 224 g/mol. The summed E-state index contributed by atoms with van der Waals surface area (Å²) < 4.78 is 5.57. The Labute approximate surface area is 112 Å². The molecule has 2 unspecified atom stereocenters. The van der Waals surface area contributed by atoms with Gasteiger partial charge in [-0.3, -0.25) is 0 Å². The summed E-state index contributed by atoms with van der Waals surface area (Å²) in [6, 6.07) is 3.14. The molecule has 0 bridgehead atoms. The molecule has 0 saturated carbocycles. The zero-order chi connectivity index (χ0) is 13.7. The first-order chi connectivity index (χ1) is 8.45. The molecule has 0 aliphatic rings. The van der Waals surface area contributed by atoms with Crippen molar-refractivity contribution in [2.75, 3.05) is 20.1 Å². The predicted molar refractivity (Wildman–Crippen MR) is 77.0 cm³/mol. The van der Waals surface area contributed by atoms with Crippen LogP contribution >= 0.6 is 0 Å². The van der Waals surface area contributed by atoms with Crippen molar-refractivity contribution >= 4 is 0 Å². The van der Waals surface area contributed by atoms with Gasteiger partial charge in [0.15, 0.2) is 0 Å². The van der Waals surface area contributed by atoms with E-state index in [4.69, 9.17) is 4.42 Å². The van der Waals surface area contributed by atoms with Crippen molar-refractivity contribution in [2.24, 2.45) is 0 Å². The monoisotopic (exact) mass is 252 g/mol. The van der Waals surface area contributed by atoms with E-state index in [1.54, 1.807) is 0 Å². The van der Waals surface area contributed by atoms with Crippen molar-refractivity contribution < 1.29 is 4.42 Å². The van der Waals surface area contributed by atoms with Gasteiger partial charge in [0, 0.05) is 30.7 Å². The van der Waals surface area contributed by atoms with Crippen LogP contribution in [-0.2, 0) is 0 Å². The Morgan fingerprint density at radius 2 is 2.00 bits per heavy atom. The highest BCUT2D eigenvalue weighted by Gasteiger charge is 2.12. The number of rotatable bonds is 7. The van der Waals surface area contributed by atoms with E-state index >= 15 is 0 Å². The van der Waals surface area contributed by atoms with Crippen LogP contribution in [0.5, 0.6) is 0 Å². The molecule has 0 amide bonds. The minimum atomic E-state index is 0.354. The lowest BCUT2D eigenvalue weighted by Crippen LogP contribution is -2.35. The molecule has 3 nitrogen and oxygen atoms in total. The van der Waals surface area contributed by atoms with Gasteiger partial charge in [-0.25, -0.2) is 0 Å². The van der Waals surface area contributed by atoms with E-state index in [1.807, 2.05) is 13.8 Å². The lowest BCUT2D eigenvalue weighted by molar-refractivity contribution is 0.249. The molecule has 1 rings (SSSR count). The maximum atomic E-state index is 5.57. The van der Waals surface area contributed by atoms with Crippen LogP contribution in [0, 0.1) is 13.8 Å². The minimum absolute atomic E-state index is 0.354. The average Bonchev–Trinajstić information content (AvgIpc) is 2.67. The summed E-state index contributed by atoms with van der Waals surface area (Å²) in [6.45, 7) is 12.8. The third-order valence-electron chi connectivity index (χ3n) is 3.80. The molecule has 1 N–H and O–H groups in total. The molecule has 0 aromatic carbocycles. The zero-order valence-electron chi connectivity index (χ0n) is 12.7. The van der Waals surface area contributed by atoms with Crippen LogP contribution in [0.2, 0.25) is 0 Å². The van der Waals surface area contributed by atoms with Gasteiger partial charge in [-0.15, -0.1) is 0 Å². The van der Waals surface area contributed by atoms with Crippen LogP contribution in [0.4, 0.5) is 0 Å². The van der Waals surface area contributed by atoms with E-state index in [-0.39, 0.29) is 0 Å². The maximum absolute atomic E-state index is 5.57. The summed E-state index contributed by atoms with van der Waals surface area (Å²) in [5, 5.41) is 3.56. The first-order valence-corrected chi connectivity index (χ1v) is 6.96. The van der Waals surface area contributed by atoms with Gasteiger partial charge in [0.05, 0.1) is 0 Å². The molecule has 3 heteroatoms. The third-order valence-corrected chi connectivity index (χ3v) is 3.80. The first kappa shape index (κ1) is 15.3. The summed E-state index contributed by atoms with van der Waals surface area (Å²) in [6.07, 6.45) is 1.20. The molecular formula is C15H28N2O. The van der Waals surface area contributed by atoms with Gasteiger partial charge < -0.3 is 14.6 Å². The second-order valence-corrected chi connectivity index (χ2v) is 5.28. The Morgan fingerprint density at radius 1 is 1.33 bits per heavy atom. The van der Waals surface area contributed by atoms with Gasteiger partial charge in [0.25, 0.3) is 0 Å². The number of nitrogens with one attached hydrogen (secondary N) is 1. The summed E-state index contributed by atoms with van der Waals surface area (Å²) in [5.74, 6) is 2.02. The number of aryl methyl sites for hydroxylation is 2. The number of hydrogen-bond donors (Lipinski definition) is 1. The molecule has 0 aliphatic heterocycles. The molecule has 1 heterocycles. The standard InChI is InChI=1S/C15H28N2O/c1-7-11(2)17(6)9-8-16-13(4)15-10-12(3)18-14(15)5/h10-11,13,16H,7-9H2,1-6H3. The molecule has 1 aromatic rings. The largest absolute Gasteiger partial charge is 0.466 e. The Morgan fingerprint density at radius 3 is 2.50 bits per heavy atom. The van der Waals surface area contributed by atoms with E-state index in [9.17, 15) is 0 Å². The molecule has 104 valence electrons. The fourth-order valence-electron chi connectivity index (χ4n) is 2.18. The Bertz CT molecular complexity index is 359. The van der Waals surface area contributed by atoms with E-state index in [2.05, 4.69) is 44.1 Å². The molecule has 0 saturated heterocycles. The second kappa shape index (κ2) is 6.95. The zero-order valence-corrected chi connectivity index (χ0v) is 12.7. The molecule has 2 atom stereocenters. The Balaban J connectivity index is 2.38. The van der Waals surface area contributed by atoms with Gasteiger partial charge in [0.1, 0.15) is 11.5 Å². The van der Waals surface area contributed by atoms with Crippen molar-refractivity contribution in [3.8, 4) is 0 Å². The summed E-state index contributed by atoms with van der Waals surface area (Å²) in [5.41, 5.74) is 1.28. The Kier molecular flexibility index (Phi) is 5.89. The van der Waals surface area contributed by atoms with Crippen LogP contribution in [-0.4, -0.2) is 31.1 Å². The number of nitrogens with zero attached hydrogens (tertiary/aromatic N) is 1. The quantitative estimate of drug-likeness (QED) is 0.807. The van der Waals surface area contributed by atoms with Crippen molar-refractivity contribution in [3.05, 3.63) is 23.2 Å². The van der Waals surface area contributed by atoms with Crippen molar-refractivity contribution in [3.63, 3.8) is 0 Å².